The molecule has 2 aromatic rings. The van der Waals surface area contributed by atoms with Gasteiger partial charge in [-0.25, -0.2) is 9.78 Å². The van der Waals surface area contributed by atoms with Crippen LogP contribution in [0.2, 0.25) is 0 Å². The molecule has 0 aromatic carbocycles. The van der Waals surface area contributed by atoms with E-state index in [9.17, 15) is 4.79 Å². The quantitative estimate of drug-likeness (QED) is 0.801. The second kappa shape index (κ2) is 4.68. The minimum atomic E-state index is -0.168. The van der Waals surface area contributed by atoms with E-state index in [-0.39, 0.29) is 6.03 Å². The van der Waals surface area contributed by atoms with Crippen LogP contribution in [0.5, 0.6) is 0 Å². The monoisotopic (exact) mass is 258 g/mol. The van der Waals surface area contributed by atoms with Crippen molar-refractivity contribution in [3.05, 3.63) is 35.5 Å². The fourth-order valence-electron chi connectivity index (χ4n) is 2.03. The van der Waals surface area contributed by atoms with Gasteiger partial charge in [0, 0.05) is 6.54 Å². The number of carbonyl (C=O) groups is 1. The molecule has 2 N–H and O–H groups in total. The number of carbonyl (C=O) groups excluding carboxylic acids is 1. The summed E-state index contributed by atoms with van der Waals surface area (Å²) in [7, 11) is 0. The number of anilines is 1. The van der Waals surface area contributed by atoms with E-state index < -0.39 is 0 Å². The SMILES string of the molecule is Cc1cnc(NC(=O)N2CCc3cn[nH]c3C2)cn1. The highest BCUT2D eigenvalue weighted by Crippen LogP contribution is 2.16. The van der Waals surface area contributed by atoms with Crippen LogP contribution in [0.25, 0.3) is 0 Å². The molecule has 0 radical (unpaired) electrons. The standard InChI is InChI=1S/C12H14N6O/c1-8-4-14-11(6-13-8)16-12(19)18-3-2-9-5-15-17-10(9)7-18/h4-6H,2-3,7H2,1H3,(H,15,17)(H,14,16,19). The summed E-state index contributed by atoms with van der Waals surface area (Å²) in [5.74, 6) is 0.464. The zero-order valence-electron chi connectivity index (χ0n) is 10.6. The highest BCUT2D eigenvalue weighted by Gasteiger charge is 2.22. The third kappa shape index (κ3) is 2.40. The van der Waals surface area contributed by atoms with Crippen molar-refractivity contribution >= 4 is 11.8 Å². The summed E-state index contributed by atoms with van der Waals surface area (Å²) in [5, 5.41) is 9.64. The van der Waals surface area contributed by atoms with Crippen LogP contribution < -0.4 is 5.32 Å². The molecule has 7 nitrogen and oxygen atoms in total. The lowest BCUT2D eigenvalue weighted by Crippen LogP contribution is -2.39. The number of fused-ring (bicyclic) bond motifs is 1. The van der Waals surface area contributed by atoms with Crippen molar-refractivity contribution in [1.29, 1.82) is 0 Å². The summed E-state index contributed by atoms with van der Waals surface area (Å²) < 4.78 is 0. The van der Waals surface area contributed by atoms with Crippen molar-refractivity contribution in [3.63, 3.8) is 0 Å². The number of aromatic nitrogens is 4. The predicted molar refractivity (Wildman–Crippen MR) is 68.5 cm³/mol. The fourth-order valence-corrected chi connectivity index (χ4v) is 2.03. The molecular formula is C12H14N6O. The summed E-state index contributed by atoms with van der Waals surface area (Å²) in [4.78, 5) is 22.0. The first-order valence-corrected chi connectivity index (χ1v) is 6.08. The number of urea groups is 1. The van der Waals surface area contributed by atoms with Crippen molar-refractivity contribution in [2.24, 2.45) is 0 Å². The van der Waals surface area contributed by atoms with E-state index in [1.807, 2.05) is 13.1 Å². The lowest BCUT2D eigenvalue weighted by Gasteiger charge is -2.26. The largest absolute Gasteiger partial charge is 0.323 e. The fraction of sp³-hybridized carbons (Fsp3) is 0.333. The van der Waals surface area contributed by atoms with Gasteiger partial charge >= 0.3 is 6.03 Å². The van der Waals surface area contributed by atoms with Gasteiger partial charge < -0.3 is 4.90 Å². The Morgan fingerprint density at radius 1 is 1.37 bits per heavy atom. The number of aryl methyl sites for hydroxylation is 1. The number of hydrogen-bond donors (Lipinski definition) is 2. The van der Waals surface area contributed by atoms with Crippen molar-refractivity contribution in [3.8, 4) is 0 Å². The molecule has 0 aliphatic carbocycles. The minimum Gasteiger partial charge on any atom is -0.318 e. The first-order valence-electron chi connectivity index (χ1n) is 6.08. The number of hydrogen-bond acceptors (Lipinski definition) is 4. The average molecular weight is 258 g/mol. The van der Waals surface area contributed by atoms with Gasteiger partial charge in [-0.3, -0.25) is 15.4 Å². The Balaban J connectivity index is 1.67. The molecule has 0 saturated heterocycles. The molecule has 1 aliphatic heterocycles. The first-order chi connectivity index (χ1) is 9.22. The summed E-state index contributed by atoms with van der Waals surface area (Å²) in [5.41, 5.74) is 2.99. The van der Waals surface area contributed by atoms with Crippen LogP contribution >= 0.6 is 0 Å². The average Bonchev–Trinajstić information content (AvgIpc) is 2.88. The Morgan fingerprint density at radius 3 is 3.05 bits per heavy atom. The molecule has 3 rings (SSSR count). The topological polar surface area (TPSA) is 86.8 Å². The van der Waals surface area contributed by atoms with Crippen molar-refractivity contribution < 1.29 is 4.79 Å². The number of H-pyrrole nitrogens is 1. The third-order valence-electron chi connectivity index (χ3n) is 3.11. The highest BCUT2D eigenvalue weighted by molar-refractivity contribution is 5.88. The Morgan fingerprint density at radius 2 is 2.26 bits per heavy atom. The number of nitrogens with zero attached hydrogens (tertiary/aromatic N) is 4. The molecule has 0 unspecified atom stereocenters. The Labute approximate surface area is 110 Å². The van der Waals surface area contributed by atoms with Gasteiger partial charge in [-0.1, -0.05) is 0 Å². The zero-order valence-corrected chi connectivity index (χ0v) is 10.6. The maximum Gasteiger partial charge on any atom is 0.323 e. The van der Waals surface area contributed by atoms with E-state index in [1.54, 1.807) is 17.3 Å². The second-order valence-corrected chi connectivity index (χ2v) is 4.52. The summed E-state index contributed by atoms with van der Waals surface area (Å²) in [6.07, 6.45) is 5.81. The van der Waals surface area contributed by atoms with Gasteiger partial charge in [0.05, 0.1) is 36.5 Å². The van der Waals surface area contributed by atoms with Crippen molar-refractivity contribution in [1.82, 2.24) is 25.1 Å². The molecule has 0 fully saturated rings. The van der Waals surface area contributed by atoms with E-state index in [1.165, 1.54) is 5.56 Å². The molecule has 0 bridgehead atoms. The normalized spacial score (nSPS) is 14.1. The van der Waals surface area contributed by atoms with Crippen LogP contribution in [0, 0.1) is 6.92 Å². The van der Waals surface area contributed by atoms with Gasteiger partial charge in [-0.2, -0.15) is 5.10 Å². The zero-order chi connectivity index (χ0) is 13.2. The van der Waals surface area contributed by atoms with Crippen LogP contribution in [-0.2, 0) is 13.0 Å². The van der Waals surface area contributed by atoms with Crippen LogP contribution in [0.15, 0.2) is 18.6 Å². The first kappa shape index (κ1) is 11.6. The van der Waals surface area contributed by atoms with E-state index >= 15 is 0 Å². The number of nitrogens with one attached hydrogen (secondary N) is 2. The molecule has 0 atom stereocenters. The third-order valence-corrected chi connectivity index (χ3v) is 3.11. The number of aromatic amines is 1. The van der Waals surface area contributed by atoms with Crippen LogP contribution in [-0.4, -0.2) is 37.6 Å². The maximum atomic E-state index is 12.1. The Bertz CT molecular complexity index is 591. The molecule has 0 spiro atoms. The lowest BCUT2D eigenvalue weighted by atomic mass is 10.1. The Hall–Kier alpha value is -2.44. The van der Waals surface area contributed by atoms with Gasteiger partial charge in [0.25, 0.3) is 0 Å². The minimum absolute atomic E-state index is 0.168. The summed E-state index contributed by atoms with van der Waals surface area (Å²) in [6, 6.07) is -0.168. The van der Waals surface area contributed by atoms with Gasteiger partial charge in [0.1, 0.15) is 0 Å². The van der Waals surface area contributed by atoms with E-state index in [0.717, 1.165) is 17.8 Å². The molecule has 1 aliphatic rings. The lowest BCUT2D eigenvalue weighted by molar-refractivity contribution is 0.205. The number of amides is 2. The Kier molecular flexibility index (Phi) is 2.86. The van der Waals surface area contributed by atoms with Gasteiger partial charge in [-0.15, -0.1) is 0 Å². The van der Waals surface area contributed by atoms with Crippen LogP contribution in [0.4, 0.5) is 10.6 Å². The van der Waals surface area contributed by atoms with Gasteiger partial charge in [0.15, 0.2) is 5.82 Å². The number of rotatable bonds is 1. The summed E-state index contributed by atoms with van der Waals surface area (Å²) >= 11 is 0. The second-order valence-electron chi connectivity index (χ2n) is 4.52. The summed E-state index contributed by atoms with van der Waals surface area (Å²) in [6.45, 7) is 3.07. The molecule has 98 valence electrons. The molecule has 2 aromatic heterocycles. The molecule has 0 saturated carbocycles. The molecule has 7 heteroatoms. The smallest absolute Gasteiger partial charge is 0.318 e. The van der Waals surface area contributed by atoms with E-state index in [2.05, 4.69) is 25.5 Å². The van der Waals surface area contributed by atoms with Crippen LogP contribution in [0.3, 0.4) is 0 Å². The van der Waals surface area contributed by atoms with Gasteiger partial charge in [-0.05, 0) is 18.9 Å². The van der Waals surface area contributed by atoms with E-state index in [4.69, 9.17) is 0 Å². The highest BCUT2D eigenvalue weighted by atomic mass is 16.2. The molecular weight excluding hydrogens is 244 g/mol. The maximum absolute atomic E-state index is 12.1. The molecule has 19 heavy (non-hydrogen) atoms. The van der Waals surface area contributed by atoms with Crippen molar-refractivity contribution in [2.45, 2.75) is 19.9 Å². The predicted octanol–water partition coefficient (Wildman–Crippen LogP) is 1.10. The van der Waals surface area contributed by atoms with Gasteiger partial charge in [0.2, 0.25) is 0 Å². The molecule has 3 heterocycles. The van der Waals surface area contributed by atoms with Crippen LogP contribution in [0.1, 0.15) is 17.0 Å². The van der Waals surface area contributed by atoms with Crippen molar-refractivity contribution in [2.75, 3.05) is 11.9 Å². The van der Waals surface area contributed by atoms with E-state index in [0.29, 0.717) is 18.9 Å². The molecule has 2 amide bonds.